The van der Waals surface area contributed by atoms with Crippen LogP contribution in [0.3, 0.4) is 0 Å². The molecule has 1 aliphatic carbocycles. The third kappa shape index (κ3) is 2.16. The molecule has 2 aromatic heterocycles. The summed E-state index contributed by atoms with van der Waals surface area (Å²) in [4.78, 5) is 26.9. The number of ketones is 1. The quantitative estimate of drug-likeness (QED) is 0.712. The minimum Gasteiger partial charge on any atom is -0.450 e. The molecule has 1 aromatic carbocycles. The summed E-state index contributed by atoms with van der Waals surface area (Å²) in [7, 11) is 0. The highest BCUT2D eigenvalue weighted by Gasteiger charge is 2.23. The lowest BCUT2D eigenvalue weighted by Gasteiger charge is -2.14. The van der Waals surface area contributed by atoms with E-state index in [4.69, 9.17) is 10.2 Å². The summed E-state index contributed by atoms with van der Waals surface area (Å²) in [6, 6.07) is 7.08. The van der Waals surface area contributed by atoms with E-state index in [1.807, 2.05) is 12.1 Å². The Kier molecular flexibility index (Phi) is 3.08. The van der Waals surface area contributed by atoms with Gasteiger partial charge in [-0.3, -0.25) is 9.59 Å². The molecule has 0 atom stereocenters. The van der Waals surface area contributed by atoms with Crippen molar-refractivity contribution in [2.24, 2.45) is 0 Å². The number of nitrogens with one attached hydrogen (secondary N) is 1. The summed E-state index contributed by atoms with van der Waals surface area (Å²) in [5.74, 6) is -0.447. The Morgan fingerprint density at radius 1 is 1.17 bits per heavy atom. The van der Waals surface area contributed by atoms with Crippen LogP contribution in [0.5, 0.6) is 0 Å². The number of benzene rings is 1. The maximum Gasteiger partial charge on any atom is 0.259 e. The lowest BCUT2D eigenvalue weighted by molar-refractivity contribution is 0.101. The Balaban J connectivity index is 1.88. The zero-order valence-electron chi connectivity index (χ0n) is 12.5. The minimum absolute atomic E-state index is 0.0306. The molecule has 0 amide bonds. The van der Waals surface area contributed by atoms with Gasteiger partial charge >= 0.3 is 0 Å². The van der Waals surface area contributed by atoms with Crippen LogP contribution in [-0.2, 0) is 12.8 Å². The van der Waals surface area contributed by atoms with Crippen molar-refractivity contribution in [3.05, 3.63) is 63.3 Å². The highest BCUT2D eigenvalue weighted by atomic mass is 16.3. The smallest absolute Gasteiger partial charge is 0.259 e. The summed E-state index contributed by atoms with van der Waals surface area (Å²) in [6.07, 6.45) is 5.86. The summed E-state index contributed by atoms with van der Waals surface area (Å²) in [6.45, 7) is 0. The van der Waals surface area contributed by atoms with Gasteiger partial charge in [0.15, 0.2) is 5.76 Å². The standard InChI is InChI=1S/C18H16N2O3/c19-15-13-8-10-4-1-2-5-11(10)9-14(13)23-17(15)16(21)12-6-3-7-20-18(12)22/h3,6-9H,1-2,4-5,19H2,(H,20,22). The number of fused-ring (bicyclic) bond motifs is 2. The van der Waals surface area contributed by atoms with Gasteiger partial charge in [0.1, 0.15) is 5.58 Å². The van der Waals surface area contributed by atoms with Crippen LogP contribution in [0.1, 0.15) is 40.1 Å². The third-order valence-electron chi connectivity index (χ3n) is 4.46. The van der Waals surface area contributed by atoms with E-state index in [1.165, 1.54) is 36.2 Å². The fraction of sp³-hybridized carbons (Fsp3) is 0.222. The Morgan fingerprint density at radius 2 is 1.91 bits per heavy atom. The van der Waals surface area contributed by atoms with Crippen LogP contribution >= 0.6 is 0 Å². The molecule has 0 spiro atoms. The van der Waals surface area contributed by atoms with Gasteiger partial charge in [0, 0.05) is 11.6 Å². The summed E-state index contributed by atoms with van der Waals surface area (Å²) in [5.41, 5.74) is 9.16. The fourth-order valence-corrected chi connectivity index (χ4v) is 3.24. The number of carbonyl (C=O) groups excluding carboxylic acids is 1. The van der Waals surface area contributed by atoms with E-state index in [9.17, 15) is 9.59 Å². The normalized spacial score (nSPS) is 13.9. The lowest BCUT2D eigenvalue weighted by Crippen LogP contribution is -2.17. The predicted octanol–water partition coefficient (Wildman–Crippen LogP) is 2.81. The summed E-state index contributed by atoms with van der Waals surface area (Å²) in [5, 5.41) is 0.751. The predicted molar refractivity (Wildman–Crippen MR) is 87.8 cm³/mol. The van der Waals surface area contributed by atoms with E-state index in [2.05, 4.69) is 4.98 Å². The number of pyridine rings is 1. The molecule has 1 aliphatic rings. The largest absolute Gasteiger partial charge is 0.450 e. The van der Waals surface area contributed by atoms with Crippen molar-refractivity contribution in [1.82, 2.24) is 4.98 Å². The molecule has 5 nitrogen and oxygen atoms in total. The van der Waals surface area contributed by atoms with E-state index in [0.29, 0.717) is 11.3 Å². The number of rotatable bonds is 2. The maximum absolute atomic E-state index is 12.6. The first-order chi connectivity index (χ1) is 11.1. The Morgan fingerprint density at radius 3 is 2.65 bits per heavy atom. The Hall–Kier alpha value is -2.82. The second kappa shape index (κ2) is 5.12. The number of nitrogens with two attached hydrogens (primary N) is 1. The van der Waals surface area contributed by atoms with E-state index in [0.717, 1.165) is 18.2 Å². The van der Waals surface area contributed by atoms with Crippen LogP contribution in [0.15, 0.2) is 39.7 Å². The molecule has 3 N–H and O–H groups in total. The molecule has 0 radical (unpaired) electrons. The summed E-state index contributed by atoms with van der Waals surface area (Å²) < 4.78 is 5.71. The van der Waals surface area contributed by atoms with Crippen molar-refractivity contribution in [1.29, 1.82) is 0 Å². The third-order valence-corrected chi connectivity index (χ3v) is 4.46. The van der Waals surface area contributed by atoms with Crippen molar-refractivity contribution >= 4 is 22.4 Å². The van der Waals surface area contributed by atoms with Gasteiger partial charge in [-0.25, -0.2) is 0 Å². The van der Waals surface area contributed by atoms with Crippen LogP contribution in [0.4, 0.5) is 5.69 Å². The van der Waals surface area contributed by atoms with Crippen molar-refractivity contribution in [2.75, 3.05) is 5.73 Å². The number of aryl methyl sites for hydroxylation is 2. The minimum atomic E-state index is -0.487. The van der Waals surface area contributed by atoms with Crippen LogP contribution in [0.2, 0.25) is 0 Å². The van der Waals surface area contributed by atoms with Crippen molar-refractivity contribution in [3.8, 4) is 0 Å². The van der Waals surface area contributed by atoms with Gasteiger partial charge in [0.2, 0.25) is 5.78 Å². The van der Waals surface area contributed by atoms with Crippen molar-refractivity contribution < 1.29 is 9.21 Å². The van der Waals surface area contributed by atoms with Gasteiger partial charge < -0.3 is 15.1 Å². The van der Waals surface area contributed by atoms with Gasteiger partial charge in [-0.1, -0.05) is 0 Å². The molecule has 2 heterocycles. The Labute approximate surface area is 132 Å². The van der Waals surface area contributed by atoms with Gasteiger partial charge in [-0.2, -0.15) is 0 Å². The molecule has 0 fully saturated rings. The molecule has 4 rings (SSSR count). The Bertz CT molecular complexity index is 982. The number of H-pyrrole nitrogens is 1. The molecule has 0 bridgehead atoms. The topological polar surface area (TPSA) is 89.1 Å². The van der Waals surface area contributed by atoms with E-state index >= 15 is 0 Å². The van der Waals surface area contributed by atoms with Crippen LogP contribution < -0.4 is 11.3 Å². The lowest BCUT2D eigenvalue weighted by atomic mass is 9.90. The van der Waals surface area contributed by atoms with Crippen molar-refractivity contribution in [2.45, 2.75) is 25.7 Å². The molecule has 3 aromatic rings. The molecule has 23 heavy (non-hydrogen) atoms. The number of aromatic amines is 1. The monoisotopic (exact) mass is 308 g/mol. The molecule has 0 saturated heterocycles. The fourth-order valence-electron chi connectivity index (χ4n) is 3.24. The highest BCUT2D eigenvalue weighted by molar-refractivity contribution is 6.14. The maximum atomic E-state index is 12.6. The van der Waals surface area contributed by atoms with Gasteiger partial charge in [0.05, 0.1) is 11.3 Å². The SMILES string of the molecule is Nc1c(C(=O)c2ccc[nH]c2=O)oc2cc3c(cc12)CCCC3. The number of hydrogen-bond donors (Lipinski definition) is 2. The van der Waals surface area contributed by atoms with Gasteiger partial charge in [-0.05, 0) is 61.1 Å². The summed E-state index contributed by atoms with van der Waals surface area (Å²) >= 11 is 0. The van der Waals surface area contributed by atoms with Crippen molar-refractivity contribution in [3.63, 3.8) is 0 Å². The molecule has 5 heteroatoms. The van der Waals surface area contributed by atoms with E-state index in [1.54, 1.807) is 6.07 Å². The average Bonchev–Trinajstić information content (AvgIpc) is 2.89. The first kappa shape index (κ1) is 13.8. The zero-order chi connectivity index (χ0) is 16.0. The number of hydrogen-bond acceptors (Lipinski definition) is 4. The molecular weight excluding hydrogens is 292 g/mol. The first-order valence-corrected chi connectivity index (χ1v) is 7.71. The number of furan rings is 1. The second-order valence-corrected chi connectivity index (χ2v) is 5.91. The second-order valence-electron chi connectivity index (χ2n) is 5.91. The van der Waals surface area contributed by atoms with Crippen LogP contribution in [-0.4, -0.2) is 10.8 Å². The first-order valence-electron chi connectivity index (χ1n) is 7.71. The van der Waals surface area contributed by atoms with Crippen LogP contribution in [0.25, 0.3) is 11.0 Å². The number of carbonyl (C=O) groups is 1. The molecule has 0 saturated carbocycles. The number of nitrogen functional groups attached to an aromatic ring is 1. The molecule has 116 valence electrons. The molecule has 0 unspecified atom stereocenters. The number of aromatic nitrogens is 1. The van der Waals surface area contributed by atoms with Gasteiger partial charge in [0.25, 0.3) is 5.56 Å². The molecule has 0 aliphatic heterocycles. The van der Waals surface area contributed by atoms with Gasteiger partial charge in [-0.15, -0.1) is 0 Å². The number of anilines is 1. The zero-order valence-corrected chi connectivity index (χ0v) is 12.5. The molecular formula is C18H16N2O3. The average molecular weight is 308 g/mol. The van der Waals surface area contributed by atoms with Crippen LogP contribution in [0, 0.1) is 0 Å². The highest BCUT2D eigenvalue weighted by Crippen LogP contribution is 2.34. The van der Waals surface area contributed by atoms with E-state index < -0.39 is 11.3 Å². The van der Waals surface area contributed by atoms with E-state index in [-0.39, 0.29) is 11.3 Å².